The molecule has 0 bridgehead atoms. The number of carbonyl (C=O) groups is 1. The molecule has 2 rings (SSSR count). The Kier molecular flexibility index (Phi) is 5.90. The summed E-state index contributed by atoms with van der Waals surface area (Å²) in [5.74, 6) is -0.0875. The maximum Gasteiger partial charge on any atom is 0.273 e. The van der Waals surface area contributed by atoms with E-state index in [9.17, 15) is 9.90 Å². The Morgan fingerprint density at radius 3 is 2.71 bits per heavy atom. The number of aliphatic hydroxyl groups is 1. The molecule has 1 amide bonds. The van der Waals surface area contributed by atoms with Crippen molar-refractivity contribution in [1.82, 2.24) is 9.88 Å². The molecule has 21 heavy (non-hydrogen) atoms. The summed E-state index contributed by atoms with van der Waals surface area (Å²) in [5, 5.41) is 15.9. The predicted molar refractivity (Wildman–Crippen MR) is 87.9 cm³/mol. The minimum atomic E-state index is -0.0875. The van der Waals surface area contributed by atoms with Crippen LogP contribution in [0.15, 0.2) is 22.2 Å². The SMILES string of the molecule is CCC(CC)N(CCO)C(=O)c1csc(-c2ccsc2)n1. The van der Waals surface area contributed by atoms with Crippen molar-refractivity contribution in [2.24, 2.45) is 0 Å². The number of thiophene rings is 1. The van der Waals surface area contributed by atoms with Crippen LogP contribution in [-0.4, -0.2) is 40.1 Å². The summed E-state index contributed by atoms with van der Waals surface area (Å²) in [5.41, 5.74) is 1.53. The van der Waals surface area contributed by atoms with Crippen LogP contribution in [0.1, 0.15) is 37.2 Å². The van der Waals surface area contributed by atoms with E-state index in [1.807, 2.05) is 22.2 Å². The minimum absolute atomic E-state index is 0.0240. The second kappa shape index (κ2) is 7.68. The molecule has 0 saturated heterocycles. The number of aromatic nitrogens is 1. The van der Waals surface area contributed by atoms with Gasteiger partial charge in [-0.2, -0.15) is 11.3 Å². The number of nitrogens with zero attached hydrogens (tertiary/aromatic N) is 2. The monoisotopic (exact) mass is 324 g/mol. The van der Waals surface area contributed by atoms with Crippen LogP contribution < -0.4 is 0 Å². The van der Waals surface area contributed by atoms with E-state index in [0.29, 0.717) is 12.2 Å². The zero-order valence-corrected chi connectivity index (χ0v) is 13.9. The van der Waals surface area contributed by atoms with Crippen LogP contribution in [0.2, 0.25) is 0 Å². The van der Waals surface area contributed by atoms with Gasteiger partial charge in [0, 0.05) is 28.9 Å². The van der Waals surface area contributed by atoms with Gasteiger partial charge in [-0.1, -0.05) is 13.8 Å². The highest BCUT2D eigenvalue weighted by atomic mass is 32.1. The second-order valence-corrected chi connectivity index (χ2v) is 6.38. The lowest BCUT2D eigenvalue weighted by Crippen LogP contribution is -2.41. The van der Waals surface area contributed by atoms with Crippen LogP contribution in [0.4, 0.5) is 0 Å². The molecule has 2 aromatic heterocycles. The van der Waals surface area contributed by atoms with Crippen molar-refractivity contribution in [3.63, 3.8) is 0 Å². The lowest BCUT2D eigenvalue weighted by atomic mass is 10.1. The van der Waals surface area contributed by atoms with Crippen LogP contribution in [-0.2, 0) is 0 Å². The molecule has 2 aromatic rings. The van der Waals surface area contributed by atoms with Crippen molar-refractivity contribution in [1.29, 1.82) is 0 Å². The highest BCUT2D eigenvalue weighted by Crippen LogP contribution is 2.26. The van der Waals surface area contributed by atoms with Gasteiger partial charge in [0.2, 0.25) is 0 Å². The molecule has 0 aliphatic heterocycles. The number of thiazole rings is 1. The van der Waals surface area contributed by atoms with Gasteiger partial charge in [-0.15, -0.1) is 11.3 Å². The molecular formula is C15H20N2O2S2. The van der Waals surface area contributed by atoms with Gasteiger partial charge in [-0.05, 0) is 24.3 Å². The lowest BCUT2D eigenvalue weighted by Gasteiger charge is -2.29. The van der Waals surface area contributed by atoms with Gasteiger partial charge in [0.25, 0.3) is 5.91 Å². The average Bonchev–Trinajstić information content (AvgIpc) is 3.17. The zero-order valence-electron chi connectivity index (χ0n) is 12.3. The quantitative estimate of drug-likeness (QED) is 0.848. The zero-order chi connectivity index (χ0) is 15.2. The van der Waals surface area contributed by atoms with Crippen molar-refractivity contribution >= 4 is 28.6 Å². The lowest BCUT2D eigenvalue weighted by molar-refractivity contribution is 0.0617. The molecule has 2 heterocycles. The minimum Gasteiger partial charge on any atom is -0.395 e. The van der Waals surface area contributed by atoms with Gasteiger partial charge >= 0.3 is 0 Å². The fraction of sp³-hybridized carbons (Fsp3) is 0.467. The van der Waals surface area contributed by atoms with Gasteiger partial charge < -0.3 is 10.0 Å². The van der Waals surface area contributed by atoms with E-state index in [-0.39, 0.29) is 18.6 Å². The third-order valence-electron chi connectivity index (χ3n) is 3.48. The third-order valence-corrected chi connectivity index (χ3v) is 5.05. The molecule has 0 radical (unpaired) electrons. The summed E-state index contributed by atoms with van der Waals surface area (Å²) < 4.78 is 0. The topological polar surface area (TPSA) is 53.4 Å². The number of hydrogen-bond acceptors (Lipinski definition) is 5. The summed E-state index contributed by atoms with van der Waals surface area (Å²) in [4.78, 5) is 18.8. The Bertz CT molecular complexity index is 562. The highest BCUT2D eigenvalue weighted by Gasteiger charge is 2.24. The Hall–Kier alpha value is -1.24. The van der Waals surface area contributed by atoms with E-state index < -0.39 is 0 Å². The summed E-state index contributed by atoms with van der Waals surface area (Å²) in [6, 6.07) is 2.15. The van der Waals surface area contributed by atoms with Gasteiger partial charge in [0.15, 0.2) is 0 Å². The second-order valence-electron chi connectivity index (χ2n) is 4.74. The van der Waals surface area contributed by atoms with E-state index in [1.165, 1.54) is 11.3 Å². The predicted octanol–water partition coefficient (Wildman–Crippen LogP) is 3.49. The van der Waals surface area contributed by atoms with Crippen LogP contribution in [0.25, 0.3) is 10.6 Å². The summed E-state index contributed by atoms with van der Waals surface area (Å²) >= 11 is 3.10. The van der Waals surface area contributed by atoms with Crippen LogP contribution in [0.5, 0.6) is 0 Å². The third kappa shape index (κ3) is 3.70. The molecule has 0 atom stereocenters. The number of carbonyl (C=O) groups excluding carboxylic acids is 1. The first-order valence-electron chi connectivity index (χ1n) is 7.11. The van der Waals surface area contributed by atoms with Gasteiger partial charge in [-0.25, -0.2) is 4.98 Å². The largest absolute Gasteiger partial charge is 0.395 e. The van der Waals surface area contributed by atoms with Gasteiger partial charge in [0.05, 0.1) is 6.61 Å². The van der Waals surface area contributed by atoms with E-state index in [1.54, 1.807) is 16.2 Å². The molecule has 6 heteroatoms. The normalized spacial score (nSPS) is 11.0. The molecule has 0 unspecified atom stereocenters. The molecule has 0 aliphatic rings. The fourth-order valence-electron chi connectivity index (χ4n) is 2.32. The van der Waals surface area contributed by atoms with Gasteiger partial charge in [0.1, 0.15) is 10.7 Å². The maximum absolute atomic E-state index is 12.6. The van der Waals surface area contributed by atoms with Crippen LogP contribution in [0.3, 0.4) is 0 Å². The number of aliphatic hydroxyl groups excluding tert-OH is 1. The smallest absolute Gasteiger partial charge is 0.273 e. The van der Waals surface area contributed by atoms with E-state index >= 15 is 0 Å². The maximum atomic E-state index is 12.6. The molecule has 0 saturated carbocycles. The molecule has 0 fully saturated rings. The Morgan fingerprint density at radius 2 is 2.14 bits per heavy atom. The van der Waals surface area contributed by atoms with Crippen molar-refractivity contribution in [2.75, 3.05) is 13.2 Å². The number of amides is 1. The molecule has 1 N–H and O–H groups in total. The van der Waals surface area contributed by atoms with Crippen molar-refractivity contribution in [3.05, 3.63) is 27.9 Å². The fourth-order valence-corrected chi connectivity index (χ4v) is 3.83. The molecular weight excluding hydrogens is 304 g/mol. The highest BCUT2D eigenvalue weighted by molar-refractivity contribution is 7.14. The first-order valence-corrected chi connectivity index (χ1v) is 8.93. The van der Waals surface area contributed by atoms with E-state index in [4.69, 9.17) is 0 Å². The Balaban J connectivity index is 2.20. The first-order chi connectivity index (χ1) is 10.2. The average molecular weight is 324 g/mol. The molecule has 0 aliphatic carbocycles. The van der Waals surface area contributed by atoms with E-state index in [2.05, 4.69) is 18.8 Å². The Labute approximate surface area is 133 Å². The Morgan fingerprint density at radius 1 is 1.38 bits per heavy atom. The van der Waals surface area contributed by atoms with Crippen molar-refractivity contribution < 1.29 is 9.90 Å². The standard InChI is InChI=1S/C15H20N2O2S2/c1-3-12(4-2)17(6-7-18)15(19)13-10-21-14(16-13)11-5-8-20-9-11/h5,8-10,12,18H,3-4,6-7H2,1-2H3. The molecule has 0 aromatic carbocycles. The summed E-state index contributed by atoms with van der Waals surface area (Å²) in [6.07, 6.45) is 1.76. The number of rotatable bonds is 7. The summed E-state index contributed by atoms with van der Waals surface area (Å²) in [6.45, 7) is 4.45. The summed E-state index contributed by atoms with van der Waals surface area (Å²) in [7, 11) is 0. The van der Waals surface area contributed by atoms with Crippen LogP contribution >= 0.6 is 22.7 Å². The van der Waals surface area contributed by atoms with Gasteiger partial charge in [-0.3, -0.25) is 4.79 Å². The van der Waals surface area contributed by atoms with Crippen molar-refractivity contribution in [2.45, 2.75) is 32.7 Å². The van der Waals surface area contributed by atoms with Crippen LogP contribution in [0, 0.1) is 0 Å². The number of hydrogen-bond donors (Lipinski definition) is 1. The molecule has 0 spiro atoms. The first kappa shape index (κ1) is 16.1. The van der Waals surface area contributed by atoms with Crippen molar-refractivity contribution in [3.8, 4) is 10.6 Å². The molecule has 4 nitrogen and oxygen atoms in total. The van der Waals surface area contributed by atoms with E-state index in [0.717, 1.165) is 23.4 Å². The molecule has 114 valence electrons.